The number of carbonyl (C=O) groups is 2. The fourth-order valence-electron chi connectivity index (χ4n) is 5.80. The van der Waals surface area contributed by atoms with Gasteiger partial charge in [-0.25, -0.2) is 9.79 Å². The van der Waals surface area contributed by atoms with E-state index in [1.54, 1.807) is 30.0 Å². The Morgan fingerprint density at radius 3 is 2.34 bits per heavy atom. The highest BCUT2D eigenvalue weighted by atomic mass is 32.1. The van der Waals surface area contributed by atoms with Gasteiger partial charge in [-0.2, -0.15) is 0 Å². The fraction of sp³-hybridized carbons (Fsp3) is 0.235. The van der Waals surface area contributed by atoms with Gasteiger partial charge < -0.3 is 19.1 Å². The lowest BCUT2D eigenvalue weighted by Gasteiger charge is -2.26. The number of methoxy groups -OCH3 is 2. The molecule has 224 valence electrons. The summed E-state index contributed by atoms with van der Waals surface area (Å²) in [7, 11) is 3.06. The summed E-state index contributed by atoms with van der Waals surface area (Å²) >= 11 is 1.14. The second kappa shape index (κ2) is 11.6. The molecule has 0 N–H and O–H groups in total. The van der Waals surface area contributed by atoms with E-state index in [9.17, 15) is 14.4 Å². The number of aromatic nitrogens is 1. The molecular weight excluding hydrogens is 578 g/mol. The van der Waals surface area contributed by atoms with Crippen molar-refractivity contribution in [1.82, 2.24) is 4.57 Å². The molecule has 0 saturated carbocycles. The van der Waals surface area contributed by atoms with E-state index in [1.165, 1.54) is 18.8 Å². The number of hydrogen-bond acceptors (Lipinski definition) is 8. The summed E-state index contributed by atoms with van der Waals surface area (Å²) < 4.78 is 18.4. The van der Waals surface area contributed by atoms with Crippen LogP contribution in [0, 0.1) is 0 Å². The minimum atomic E-state index is -0.928. The monoisotopic (exact) mass is 609 g/mol. The maximum absolute atomic E-state index is 14.6. The van der Waals surface area contributed by atoms with E-state index in [4.69, 9.17) is 19.2 Å². The van der Waals surface area contributed by atoms with Crippen LogP contribution in [-0.4, -0.2) is 43.3 Å². The Morgan fingerprint density at radius 2 is 1.66 bits per heavy atom. The molecule has 2 aliphatic rings. The second-order valence-corrected chi connectivity index (χ2v) is 11.5. The third kappa shape index (κ3) is 4.62. The van der Waals surface area contributed by atoms with Crippen LogP contribution in [0.1, 0.15) is 43.5 Å². The average molecular weight is 610 g/mol. The van der Waals surface area contributed by atoms with Crippen molar-refractivity contribution in [3.8, 4) is 11.5 Å². The summed E-state index contributed by atoms with van der Waals surface area (Å²) in [5.74, 6) is 0.0878. The smallest absolute Gasteiger partial charge is 0.338 e. The largest absolute Gasteiger partial charge is 0.493 e. The van der Waals surface area contributed by atoms with Gasteiger partial charge >= 0.3 is 5.97 Å². The molecule has 9 nitrogen and oxygen atoms in total. The van der Waals surface area contributed by atoms with E-state index >= 15 is 0 Å². The summed E-state index contributed by atoms with van der Waals surface area (Å²) in [6.07, 6.45) is 0. The minimum Gasteiger partial charge on any atom is -0.493 e. The summed E-state index contributed by atoms with van der Waals surface area (Å²) in [5.41, 5.74) is 3.22. The highest BCUT2D eigenvalue weighted by Crippen LogP contribution is 2.39. The van der Waals surface area contributed by atoms with Gasteiger partial charge in [0.25, 0.3) is 11.5 Å². The number of thiazole rings is 1. The lowest BCUT2D eigenvalue weighted by Crippen LogP contribution is -2.41. The van der Waals surface area contributed by atoms with Crippen molar-refractivity contribution in [3.63, 3.8) is 0 Å². The molecule has 0 spiro atoms. The van der Waals surface area contributed by atoms with Crippen molar-refractivity contribution in [3.05, 3.63) is 115 Å². The third-order valence-electron chi connectivity index (χ3n) is 7.68. The van der Waals surface area contributed by atoms with Gasteiger partial charge in [0.15, 0.2) is 16.3 Å². The zero-order valence-corrected chi connectivity index (χ0v) is 25.8. The molecule has 44 heavy (non-hydrogen) atoms. The number of fused-ring (bicyclic) bond motifs is 2. The van der Waals surface area contributed by atoms with Gasteiger partial charge in [-0.15, -0.1) is 0 Å². The summed E-state index contributed by atoms with van der Waals surface area (Å²) in [5, 5.41) is 0. The predicted octanol–water partition coefficient (Wildman–Crippen LogP) is 4.08. The van der Waals surface area contributed by atoms with E-state index in [2.05, 4.69) is 0 Å². The lowest BCUT2D eigenvalue weighted by atomic mass is 9.93. The number of esters is 1. The van der Waals surface area contributed by atoms with E-state index in [1.807, 2.05) is 68.4 Å². The molecule has 6 rings (SSSR count). The van der Waals surface area contributed by atoms with Crippen molar-refractivity contribution < 1.29 is 23.8 Å². The van der Waals surface area contributed by atoms with Gasteiger partial charge in [-0.1, -0.05) is 65.9 Å². The van der Waals surface area contributed by atoms with Crippen molar-refractivity contribution in [2.45, 2.75) is 32.9 Å². The van der Waals surface area contributed by atoms with Gasteiger partial charge in [0.2, 0.25) is 0 Å². The molecule has 3 heterocycles. The molecule has 0 radical (unpaired) electrons. The first-order valence-electron chi connectivity index (χ1n) is 14.3. The van der Waals surface area contributed by atoms with Crippen LogP contribution in [-0.2, 0) is 14.3 Å². The first-order chi connectivity index (χ1) is 21.3. The number of rotatable bonds is 7. The third-order valence-corrected chi connectivity index (χ3v) is 8.74. The number of anilines is 1. The molecule has 1 atom stereocenters. The molecule has 0 unspecified atom stereocenters. The highest BCUT2D eigenvalue weighted by Gasteiger charge is 2.39. The van der Waals surface area contributed by atoms with Crippen molar-refractivity contribution in [2.24, 2.45) is 4.99 Å². The lowest BCUT2D eigenvalue weighted by molar-refractivity contribution is -0.138. The zero-order valence-electron chi connectivity index (χ0n) is 25.0. The van der Waals surface area contributed by atoms with Crippen molar-refractivity contribution in [2.75, 3.05) is 25.7 Å². The molecular formula is C34H31N3O6S. The Labute approximate surface area is 258 Å². The van der Waals surface area contributed by atoms with Gasteiger partial charge in [-0.3, -0.25) is 14.2 Å². The van der Waals surface area contributed by atoms with E-state index < -0.39 is 17.6 Å². The zero-order chi connectivity index (χ0) is 31.1. The second-order valence-electron chi connectivity index (χ2n) is 10.5. The van der Waals surface area contributed by atoms with Gasteiger partial charge in [-0.05, 0) is 44.5 Å². The van der Waals surface area contributed by atoms with Crippen LogP contribution in [0.5, 0.6) is 11.5 Å². The summed E-state index contributed by atoms with van der Waals surface area (Å²) in [6, 6.07) is 21.0. The number of hydrogen-bond donors (Lipinski definition) is 0. The standard InChI is InChI=1S/C34H31N3O6S/c1-6-43-33(40)27-28(20-12-8-7-9-13-20)35-34-37(29(27)21-16-17-24(41-4)25(18-21)42-5)32(39)30(44-34)26-22-14-10-11-15-23(22)36(19(2)3)31(26)38/h7-19,29H,6H2,1-5H3/b30-26+/t29-/m0/s1. The molecule has 0 fully saturated rings. The molecule has 1 aromatic heterocycles. The molecule has 0 aliphatic carbocycles. The Morgan fingerprint density at radius 1 is 0.955 bits per heavy atom. The predicted molar refractivity (Wildman–Crippen MR) is 169 cm³/mol. The number of benzene rings is 3. The number of amides is 1. The number of para-hydroxylation sites is 1. The van der Waals surface area contributed by atoms with E-state index in [0.717, 1.165) is 17.0 Å². The first kappa shape index (κ1) is 29.1. The van der Waals surface area contributed by atoms with Crippen LogP contribution in [0.25, 0.3) is 11.3 Å². The van der Waals surface area contributed by atoms with Gasteiger partial charge in [0, 0.05) is 17.2 Å². The first-order valence-corrected chi connectivity index (χ1v) is 15.1. The molecule has 0 bridgehead atoms. The van der Waals surface area contributed by atoms with Crippen LogP contribution in [0.15, 0.2) is 88.2 Å². The maximum atomic E-state index is 14.6. The number of carbonyl (C=O) groups excluding carboxylic acids is 2. The average Bonchev–Trinajstić information content (AvgIpc) is 3.52. The summed E-state index contributed by atoms with van der Waals surface area (Å²) in [4.78, 5) is 49.2. The van der Waals surface area contributed by atoms with Gasteiger partial charge in [0.1, 0.15) is 4.53 Å². The van der Waals surface area contributed by atoms with Gasteiger partial charge in [0.05, 0.1) is 49.4 Å². The molecule has 10 heteroatoms. The van der Waals surface area contributed by atoms with Crippen LogP contribution >= 0.6 is 11.3 Å². The number of nitrogens with zero attached hydrogens (tertiary/aromatic N) is 3. The molecule has 1 amide bonds. The normalized spacial score (nSPS) is 16.9. The van der Waals surface area contributed by atoms with Crippen molar-refractivity contribution >= 4 is 40.2 Å². The molecule has 0 saturated heterocycles. The molecule has 2 aliphatic heterocycles. The van der Waals surface area contributed by atoms with Crippen molar-refractivity contribution in [1.29, 1.82) is 0 Å². The quantitative estimate of drug-likeness (QED) is 0.293. The molecule has 4 aromatic rings. The maximum Gasteiger partial charge on any atom is 0.338 e. The highest BCUT2D eigenvalue weighted by molar-refractivity contribution is 7.07. The fourth-order valence-corrected chi connectivity index (χ4v) is 6.89. The minimum absolute atomic E-state index is 0.121. The van der Waals surface area contributed by atoms with Crippen LogP contribution in [0.4, 0.5) is 5.69 Å². The Kier molecular flexibility index (Phi) is 7.69. The van der Waals surface area contributed by atoms with E-state index in [0.29, 0.717) is 44.3 Å². The van der Waals surface area contributed by atoms with Crippen LogP contribution < -0.4 is 29.3 Å². The Hall–Kier alpha value is -4.96. The Bertz CT molecular complexity index is 2010. The summed E-state index contributed by atoms with van der Waals surface area (Å²) in [6.45, 7) is 5.74. The molecule has 3 aromatic carbocycles. The number of ether oxygens (including phenoxy) is 3. The topological polar surface area (TPSA) is 99.4 Å². The van der Waals surface area contributed by atoms with Crippen LogP contribution in [0.3, 0.4) is 0 Å². The van der Waals surface area contributed by atoms with Crippen LogP contribution in [0.2, 0.25) is 0 Å². The Balaban J connectivity index is 1.72. The van der Waals surface area contributed by atoms with E-state index in [-0.39, 0.29) is 28.7 Å². The SMILES string of the molecule is CCOC(=O)C1=C(c2ccccc2)N=c2s/c(=C3/C(=O)N(C(C)C)c4ccccc43)c(=O)n2[C@H]1c1ccc(OC)c(OC)c1.